The Labute approximate surface area is 77.1 Å². The van der Waals surface area contributed by atoms with Gasteiger partial charge in [0.15, 0.2) is 4.77 Å². The summed E-state index contributed by atoms with van der Waals surface area (Å²) in [5.74, 6) is 2.57. The van der Waals surface area contributed by atoms with Crippen molar-refractivity contribution in [2.75, 3.05) is 0 Å². The first kappa shape index (κ1) is 8.95. The number of nitrogens with zero attached hydrogens (tertiary/aromatic N) is 1. The molecule has 0 saturated heterocycles. The number of rotatable bonds is 2. The molecule has 0 radical (unpaired) electrons. The maximum absolute atomic E-state index is 5.14. The fourth-order valence-corrected chi connectivity index (χ4v) is 1.25. The molecule has 0 spiro atoms. The summed E-state index contributed by atoms with van der Waals surface area (Å²) in [7, 11) is 0. The molecule has 0 aromatic carbocycles. The van der Waals surface area contributed by atoms with E-state index in [1.54, 1.807) is 0 Å². The van der Waals surface area contributed by atoms with Crippen molar-refractivity contribution < 1.29 is 0 Å². The van der Waals surface area contributed by atoms with Crippen molar-refractivity contribution in [3.8, 4) is 12.3 Å². The van der Waals surface area contributed by atoms with Crippen LogP contribution in [0.25, 0.3) is 0 Å². The van der Waals surface area contributed by atoms with E-state index in [0.717, 1.165) is 17.8 Å². The van der Waals surface area contributed by atoms with E-state index in [4.69, 9.17) is 18.6 Å². The van der Waals surface area contributed by atoms with E-state index in [1.165, 1.54) is 0 Å². The van der Waals surface area contributed by atoms with Gasteiger partial charge in [0.25, 0.3) is 0 Å². The quantitative estimate of drug-likeness (QED) is 0.554. The highest BCUT2D eigenvalue weighted by Crippen LogP contribution is 2.00. The van der Waals surface area contributed by atoms with E-state index in [0.29, 0.717) is 11.2 Å². The van der Waals surface area contributed by atoms with Crippen molar-refractivity contribution >= 4 is 12.2 Å². The van der Waals surface area contributed by atoms with Crippen LogP contribution < -0.4 is 0 Å². The van der Waals surface area contributed by atoms with Crippen molar-refractivity contribution in [3.05, 3.63) is 22.2 Å². The molecule has 0 bridgehead atoms. The number of hydrogen-bond acceptors (Lipinski definition) is 2. The molecule has 1 aromatic heterocycles. The van der Waals surface area contributed by atoms with Gasteiger partial charge < -0.3 is 4.98 Å². The minimum absolute atomic E-state index is 0.530. The third-order valence-electron chi connectivity index (χ3n) is 1.46. The molecule has 3 heteroatoms. The molecule has 1 heterocycles. The first-order valence-corrected chi connectivity index (χ1v) is 4.13. The number of nitrogens with one attached hydrogen (secondary N) is 1. The van der Waals surface area contributed by atoms with Crippen LogP contribution in [-0.2, 0) is 6.42 Å². The van der Waals surface area contributed by atoms with Gasteiger partial charge >= 0.3 is 0 Å². The second-order valence-corrected chi connectivity index (χ2v) is 2.95. The molecule has 0 saturated carbocycles. The predicted octanol–water partition coefficient (Wildman–Crippen LogP) is 2.01. The van der Waals surface area contributed by atoms with Gasteiger partial charge in [-0.1, -0.05) is 0 Å². The maximum atomic E-state index is 5.14. The lowest BCUT2D eigenvalue weighted by Gasteiger charge is -1.98. The number of H-pyrrole nitrogens is 1. The lowest BCUT2D eigenvalue weighted by atomic mass is 10.2. The Morgan fingerprint density at radius 1 is 1.75 bits per heavy atom. The zero-order valence-corrected chi connectivity index (χ0v) is 7.74. The van der Waals surface area contributed by atoms with E-state index in [-0.39, 0.29) is 0 Å². The van der Waals surface area contributed by atoms with Crippen LogP contribution in [0.1, 0.15) is 17.8 Å². The van der Waals surface area contributed by atoms with Crippen LogP contribution in [0.15, 0.2) is 6.07 Å². The molecule has 1 rings (SSSR count). The van der Waals surface area contributed by atoms with Crippen LogP contribution in [-0.4, -0.2) is 9.97 Å². The molecule has 12 heavy (non-hydrogen) atoms. The third-order valence-corrected chi connectivity index (χ3v) is 1.65. The molecule has 2 nitrogen and oxygen atoms in total. The second kappa shape index (κ2) is 4.03. The van der Waals surface area contributed by atoms with Gasteiger partial charge in [0.05, 0.1) is 0 Å². The summed E-state index contributed by atoms with van der Waals surface area (Å²) in [6, 6.07) is 1.97. The number of aryl methyl sites for hydroxylation is 2. The van der Waals surface area contributed by atoms with Crippen molar-refractivity contribution in [2.24, 2.45) is 0 Å². The van der Waals surface area contributed by atoms with E-state index < -0.39 is 0 Å². The molecule has 0 aliphatic carbocycles. The smallest absolute Gasteiger partial charge is 0.197 e. The molecule has 1 N–H and O–H groups in total. The minimum atomic E-state index is 0.530. The molecule has 0 aliphatic heterocycles. The lowest BCUT2D eigenvalue weighted by molar-refractivity contribution is 0.918. The van der Waals surface area contributed by atoms with Crippen molar-refractivity contribution in [1.29, 1.82) is 0 Å². The number of terminal acetylenes is 1. The van der Waals surface area contributed by atoms with Crippen LogP contribution >= 0.6 is 12.2 Å². The van der Waals surface area contributed by atoms with Gasteiger partial charge in [0, 0.05) is 24.2 Å². The normalized spacial score (nSPS) is 9.33. The fourth-order valence-electron chi connectivity index (χ4n) is 0.974. The number of aromatic nitrogens is 2. The zero-order chi connectivity index (χ0) is 8.97. The van der Waals surface area contributed by atoms with Gasteiger partial charge in [0.1, 0.15) is 0 Å². The molecule has 1 aromatic rings. The Morgan fingerprint density at radius 2 is 2.50 bits per heavy atom. The highest BCUT2D eigenvalue weighted by molar-refractivity contribution is 7.71. The Bertz CT molecular complexity index is 360. The SMILES string of the molecule is C#CCCc1cc(C)[nH]c(=S)n1. The maximum Gasteiger partial charge on any atom is 0.197 e. The summed E-state index contributed by atoms with van der Waals surface area (Å²) in [5.41, 5.74) is 2.00. The second-order valence-electron chi connectivity index (χ2n) is 2.56. The monoisotopic (exact) mass is 178 g/mol. The molecular formula is C9H10N2S. The van der Waals surface area contributed by atoms with Crippen LogP contribution in [0.3, 0.4) is 0 Å². The van der Waals surface area contributed by atoms with Gasteiger partial charge in [-0.2, -0.15) is 0 Å². The molecule has 62 valence electrons. The molecule has 0 aliphatic rings. The van der Waals surface area contributed by atoms with Gasteiger partial charge in [-0.25, -0.2) is 4.98 Å². The number of aromatic amines is 1. The first-order valence-electron chi connectivity index (χ1n) is 3.72. The predicted molar refractivity (Wildman–Crippen MR) is 51.3 cm³/mol. The lowest BCUT2D eigenvalue weighted by Crippen LogP contribution is -1.94. The Kier molecular flexibility index (Phi) is 3.01. The van der Waals surface area contributed by atoms with Crippen LogP contribution in [0.2, 0.25) is 0 Å². The van der Waals surface area contributed by atoms with Gasteiger partial charge in [-0.15, -0.1) is 12.3 Å². The van der Waals surface area contributed by atoms with Crippen LogP contribution in [0.4, 0.5) is 0 Å². The summed E-state index contributed by atoms with van der Waals surface area (Å²) in [6.07, 6.45) is 6.66. The van der Waals surface area contributed by atoms with E-state index >= 15 is 0 Å². The van der Waals surface area contributed by atoms with Gasteiger partial charge in [-0.3, -0.25) is 0 Å². The van der Waals surface area contributed by atoms with E-state index in [1.807, 2.05) is 13.0 Å². The summed E-state index contributed by atoms with van der Waals surface area (Å²) < 4.78 is 0.530. The molecule has 0 unspecified atom stereocenters. The first-order chi connectivity index (χ1) is 5.72. The number of hydrogen-bond donors (Lipinski definition) is 1. The Morgan fingerprint density at radius 3 is 3.08 bits per heavy atom. The molecule has 0 fully saturated rings. The average Bonchev–Trinajstić information content (AvgIpc) is 1.99. The fraction of sp³-hybridized carbons (Fsp3) is 0.333. The Balaban J connectivity index is 2.87. The third kappa shape index (κ3) is 2.48. The highest BCUT2D eigenvalue weighted by atomic mass is 32.1. The molecule has 0 amide bonds. The van der Waals surface area contributed by atoms with Crippen LogP contribution in [0.5, 0.6) is 0 Å². The minimum Gasteiger partial charge on any atom is -0.335 e. The summed E-state index contributed by atoms with van der Waals surface area (Å²) in [4.78, 5) is 7.07. The highest BCUT2D eigenvalue weighted by Gasteiger charge is 1.94. The van der Waals surface area contributed by atoms with Gasteiger partial charge in [0.2, 0.25) is 0 Å². The van der Waals surface area contributed by atoms with Gasteiger partial charge in [-0.05, 0) is 25.2 Å². The topological polar surface area (TPSA) is 28.7 Å². The zero-order valence-electron chi connectivity index (χ0n) is 6.92. The average molecular weight is 178 g/mol. The van der Waals surface area contributed by atoms with Crippen molar-refractivity contribution in [2.45, 2.75) is 19.8 Å². The summed E-state index contributed by atoms with van der Waals surface area (Å²) in [6.45, 7) is 1.96. The largest absolute Gasteiger partial charge is 0.335 e. The standard InChI is InChI=1S/C9H10N2S/c1-3-4-5-8-6-7(2)10-9(12)11-8/h1,6H,4-5H2,2H3,(H,10,11,12). The summed E-state index contributed by atoms with van der Waals surface area (Å²) >= 11 is 4.92. The molecule has 0 atom stereocenters. The van der Waals surface area contributed by atoms with Crippen molar-refractivity contribution in [1.82, 2.24) is 9.97 Å². The Hall–Kier alpha value is -1.14. The molecular weight excluding hydrogens is 168 g/mol. The van der Waals surface area contributed by atoms with Crippen LogP contribution in [0, 0.1) is 24.0 Å². The van der Waals surface area contributed by atoms with E-state index in [9.17, 15) is 0 Å². The summed E-state index contributed by atoms with van der Waals surface area (Å²) in [5, 5.41) is 0. The van der Waals surface area contributed by atoms with Crippen molar-refractivity contribution in [3.63, 3.8) is 0 Å². The van der Waals surface area contributed by atoms with E-state index in [2.05, 4.69) is 15.9 Å².